The van der Waals surface area contributed by atoms with Crippen molar-refractivity contribution in [1.29, 1.82) is 0 Å². The molecule has 0 aliphatic rings. The number of halogens is 3. The molecule has 3 aromatic carbocycles. The number of benzene rings is 3. The summed E-state index contributed by atoms with van der Waals surface area (Å²) in [6.07, 6.45) is -4.58. The van der Waals surface area contributed by atoms with E-state index in [2.05, 4.69) is 4.98 Å². The molecule has 172 valence electrons. The summed E-state index contributed by atoms with van der Waals surface area (Å²) in [4.78, 5) is 31.3. The van der Waals surface area contributed by atoms with Crippen LogP contribution in [0.5, 0.6) is 0 Å². The third-order valence-electron chi connectivity index (χ3n) is 5.30. The van der Waals surface area contributed by atoms with Gasteiger partial charge in [0.1, 0.15) is 6.54 Å². The lowest BCUT2D eigenvalue weighted by Gasteiger charge is -2.20. The average Bonchev–Trinajstić information content (AvgIpc) is 3.38. The molecule has 0 spiro atoms. The summed E-state index contributed by atoms with van der Waals surface area (Å²) >= 11 is 0.987. The van der Waals surface area contributed by atoms with Crippen LogP contribution in [-0.4, -0.2) is 15.5 Å². The maximum absolute atomic E-state index is 13.5. The summed E-state index contributed by atoms with van der Waals surface area (Å²) in [7, 11) is 0. The summed E-state index contributed by atoms with van der Waals surface area (Å²) in [5.74, 6) is -1.21. The molecule has 6 nitrogen and oxygen atoms in total. The minimum absolute atomic E-state index is 0.0748. The zero-order valence-electron chi connectivity index (χ0n) is 17.5. The molecule has 0 atom stereocenters. The van der Waals surface area contributed by atoms with E-state index in [4.69, 9.17) is 4.42 Å². The molecule has 2 aromatic heterocycles. The lowest BCUT2D eigenvalue weighted by atomic mass is 10.2. The number of hydrogen-bond acceptors (Lipinski definition) is 5. The Hall–Kier alpha value is -3.92. The fraction of sp³-hybridized carbons (Fsp3) is 0.125. The highest BCUT2D eigenvalue weighted by molar-refractivity contribution is 7.22. The zero-order chi connectivity index (χ0) is 23.9. The molecule has 0 saturated heterocycles. The normalized spacial score (nSPS) is 11.9. The Morgan fingerprint density at radius 3 is 2.50 bits per heavy atom. The van der Waals surface area contributed by atoms with Gasteiger partial charge in [0.05, 0.1) is 27.8 Å². The molecule has 0 N–H and O–H groups in total. The maximum atomic E-state index is 13.5. The quantitative estimate of drug-likeness (QED) is 0.333. The minimum Gasteiger partial charge on any atom is -0.408 e. The largest absolute Gasteiger partial charge is 0.420 e. The van der Waals surface area contributed by atoms with Crippen LogP contribution in [0.2, 0.25) is 0 Å². The summed E-state index contributed by atoms with van der Waals surface area (Å²) in [5.41, 5.74) is 0.466. The van der Waals surface area contributed by atoms with Crippen LogP contribution in [0.15, 0.2) is 82.0 Å². The molecule has 0 bridgehead atoms. The first-order valence-corrected chi connectivity index (χ1v) is 11.0. The topological polar surface area (TPSA) is 68.3 Å². The van der Waals surface area contributed by atoms with E-state index in [1.165, 1.54) is 21.6 Å². The number of anilines is 1. The fourth-order valence-electron chi connectivity index (χ4n) is 3.69. The van der Waals surface area contributed by atoms with Crippen LogP contribution < -0.4 is 10.7 Å². The van der Waals surface area contributed by atoms with Crippen molar-refractivity contribution >= 4 is 43.7 Å². The Bertz CT molecular complexity index is 1550. The highest BCUT2D eigenvalue weighted by Gasteiger charge is 2.34. The molecule has 10 heteroatoms. The van der Waals surface area contributed by atoms with E-state index in [9.17, 15) is 22.8 Å². The first-order chi connectivity index (χ1) is 16.3. The Balaban J connectivity index is 1.58. The van der Waals surface area contributed by atoms with Gasteiger partial charge in [0.2, 0.25) is 5.91 Å². The van der Waals surface area contributed by atoms with Crippen molar-refractivity contribution in [2.24, 2.45) is 0 Å². The Kier molecular flexibility index (Phi) is 5.45. The Labute approximate surface area is 194 Å². The molecule has 0 saturated carbocycles. The first kappa shape index (κ1) is 21.9. The fourth-order valence-corrected chi connectivity index (χ4v) is 4.70. The van der Waals surface area contributed by atoms with Gasteiger partial charge in [-0.15, -0.1) is 0 Å². The molecular weight excluding hydrogens is 467 g/mol. The molecule has 0 aliphatic heterocycles. The molecule has 1 amide bonds. The smallest absolute Gasteiger partial charge is 0.408 e. The van der Waals surface area contributed by atoms with Crippen molar-refractivity contribution in [2.75, 3.05) is 4.90 Å². The van der Waals surface area contributed by atoms with Gasteiger partial charge >= 0.3 is 11.9 Å². The van der Waals surface area contributed by atoms with Crippen molar-refractivity contribution in [2.45, 2.75) is 19.3 Å². The van der Waals surface area contributed by atoms with E-state index in [-0.39, 0.29) is 23.7 Å². The van der Waals surface area contributed by atoms with E-state index < -0.39 is 23.4 Å². The molecule has 34 heavy (non-hydrogen) atoms. The number of fused-ring (bicyclic) bond motifs is 2. The number of rotatable bonds is 5. The number of nitrogens with zero attached hydrogens (tertiary/aromatic N) is 3. The van der Waals surface area contributed by atoms with Crippen molar-refractivity contribution in [3.63, 3.8) is 0 Å². The standard InChI is InChI=1S/C24H16F3N3O3S/c25-24(26,27)16-9-6-12-19-21(16)28-22(34-19)30(13-15-7-2-1-3-8-15)20(31)14-29-17-10-4-5-11-18(17)33-23(29)32/h1-12H,13-14H2. The van der Waals surface area contributed by atoms with Crippen LogP contribution in [0.3, 0.4) is 0 Å². The van der Waals surface area contributed by atoms with Crippen molar-refractivity contribution < 1.29 is 22.4 Å². The summed E-state index contributed by atoms with van der Waals surface area (Å²) in [6.45, 7) is -0.282. The molecule has 0 aliphatic carbocycles. The second-order valence-electron chi connectivity index (χ2n) is 7.53. The number of aromatic nitrogens is 2. The van der Waals surface area contributed by atoms with Crippen molar-refractivity contribution in [1.82, 2.24) is 9.55 Å². The van der Waals surface area contributed by atoms with Crippen LogP contribution in [0.4, 0.5) is 18.3 Å². The Morgan fingerprint density at radius 1 is 1.00 bits per heavy atom. The first-order valence-electron chi connectivity index (χ1n) is 10.2. The zero-order valence-corrected chi connectivity index (χ0v) is 18.3. The number of carbonyl (C=O) groups is 1. The second kappa shape index (κ2) is 8.45. The summed E-state index contributed by atoms with van der Waals surface area (Å²) < 4.78 is 47.3. The molecule has 2 heterocycles. The predicted molar refractivity (Wildman–Crippen MR) is 123 cm³/mol. The van der Waals surface area contributed by atoms with Gasteiger partial charge < -0.3 is 4.42 Å². The number of alkyl halides is 3. The lowest BCUT2D eigenvalue weighted by Crippen LogP contribution is -2.35. The van der Waals surface area contributed by atoms with Crippen LogP contribution in [0.25, 0.3) is 21.3 Å². The lowest BCUT2D eigenvalue weighted by molar-refractivity contribution is -0.136. The van der Waals surface area contributed by atoms with Gasteiger partial charge in [0.15, 0.2) is 10.7 Å². The van der Waals surface area contributed by atoms with E-state index in [0.29, 0.717) is 15.8 Å². The van der Waals surface area contributed by atoms with E-state index in [0.717, 1.165) is 23.0 Å². The highest BCUT2D eigenvalue weighted by atomic mass is 32.1. The van der Waals surface area contributed by atoms with E-state index >= 15 is 0 Å². The Morgan fingerprint density at radius 2 is 1.74 bits per heavy atom. The van der Waals surface area contributed by atoms with Gasteiger partial charge in [-0.1, -0.05) is 59.9 Å². The molecule has 5 aromatic rings. The van der Waals surface area contributed by atoms with Crippen molar-refractivity contribution in [3.05, 3.63) is 94.5 Å². The van der Waals surface area contributed by atoms with Gasteiger partial charge in [-0.3, -0.25) is 14.3 Å². The maximum Gasteiger partial charge on any atom is 0.420 e. The van der Waals surface area contributed by atoms with Crippen LogP contribution in [0, 0.1) is 0 Å². The number of thiazole rings is 1. The second-order valence-corrected chi connectivity index (χ2v) is 8.54. The molecule has 0 unspecified atom stereocenters. The number of para-hydroxylation sites is 3. The SMILES string of the molecule is O=C(Cn1c(=O)oc2ccccc21)N(Cc1ccccc1)c1nc2c(C(F)(F)F)cccc2s1. The predicted octanol–water partition coefficient (Wildman–Crippen LogP) is 5.46. The van der Waals surface area contributed by atoms with Gasteiger partial charge in [-0.05, 0) is 29.8 Å². The van der Waals surface area contributed by atoms with Gasteiger partial charge in [0.25, 0.3) is 0 Å². The summed E-state index contributed by atoms with van der Waals surface area (Å²) in [5, 5.41) is 0.112. The highest BCUT2D eigenvalue weighted by Crippen LogP contribution is 2.38. The summed E-state index contributed by atoms with van der Waals surface area (Å²) in [6, 6.07) is 19.5. The van der Waals surface area contributed by atoms with Crippen LogP contribution >= 0.6 is 11.3 Å². The van der Waals surface area contributed by atoms with E-state index in [1.54, 1.807) is 48.5 Å². The molecule has 0 fully saturated rings. The number of oxazole rings is 1. The van der Waals surface area contributed by atoms with Gasteiger partial charge in [-0.25, -0.2) is 9.78 Å². The third kappa shape index (κ3) is 4.08. The van der Waals surface area contributed by atoms with Crippen molar-refractivity contribution in [3.8, 4) is 0 Å². The monoisotopic (exact) mass is 483 g/mol. The molecule has 5 rings (SSSR count). The van der Waals surface area contributed by atoms with Gasteiger partial charge in [-0.2, -0.15) is 13.2 Å². The molecular formula is C24H16F3N3O3S. The molecule has 0 radical (unpaired) electrons. The van der Waals surface area contributed by atoms with Crippen LogP contribution in [-0.2, 0) is 24.1 Å². The minimum atomic E-state index is -4.58. The average molecular weight is 483 g/mol. The third-order valence-corrected chi connectivity index (χ3v) is 6.34. The number of carbonyl (C=O) groups excluding carboxylic acids is 1. The van der Waals surface area contributed by atoms with Crippen LogP contribution in [0.1, 0.15) is 11.1 Å². The number of amides is 1. The van der Waals surface area contributed by atoms with Gasteiger partial charge in [0, 0.05) is 0 Å². The van der Waals surface area contributed by atoms with E-state index in [1.807, 2.05) is 6.07 Å². The number of hydrogen-bond donors (Lipinski definition) is 0.